The van der Waals surface area contributed by atoms with Crippen LogP contribution in [0.1, 0.15) is 34.1 Å². The van der Waals surface area contributed by atoms with Crippen LogP contribution in [0.25, 0.3) is 0 Å². The number of nitrogens with two attached hydrogens (primary N) is 1. The van der Waals surface area contributed by atoms with Crippen molar-refractivity contribution in [3.05, 3.63) is 0 Å². The van der Waals surface area contributed by atoms with Gasteiger partial charge in [-0.2, -0.15) is 0 Å². The van der Waals surface area contributed by atoms with E-state index >= 15 is 0 Å². The van der Waals surface area contributed by atoms with Crippen molar-refractivity contribution in [2.75, 3.05) is 0 Å². The first-order valence-electron chi connectivity index (χ1n) is 4.38. The molecule has 0 saturated carbocycles. The average molecular weight is 193 g/mol. The first-order valence-corrected chi connectivity index (χ1v) is 4.38. The van der Waals surface area contributed by atoms with Crippen molar-refractivity contribution in [2.45, 2.75) is 57.3 Å². The standard InChI is InChI=1S/C9H17F2NO/c1-7(2)5-9(12,6(10)11)8(3,4)13-7/h6H,5,12H2,1-4H3. The van der Waals surface area contributed by atoms with E-state index in [1.807, 2.05) is 0 Å². The minimum absolute atomic E-state index is 0.185. The van der Waals surface area contributed by atoms with E-state index in [1.165, 1.54) is 0 Å². The molecule has 1 heterocycles. The van der Waals surface area contributed by atoms with E-state index in [0.29, 0.717) is 0 Å². The number of hydrogen-bond acceptors (Lipinski definition) is 2. The Kier molecular flexibility index (Phi) is 2.20. The summed E-state index contributed by atoms with van der Waals surface area (Å²) in [6.45, 7) is 6.80. The molecule has 1 aliphatic heterocycles. The highest BCUT2D eigenvalue weighted by atomic mass is 19.3. The minimum atomic E-state index is -2.55. The van der Waals surface area contributed by atoms with Crippen LogP contribution in [0, 0.1) is 0 Å². The Morgan fingerprint density at radius 3 is 1.85 bits per heavy atom. The Balaban J connectivity index is 3.00. The van der Waals surface area contributed by atoms with Crippen LogP contribution in [0.15, 0.2) is 0 Å². The summed E-state index contributed by atoms with van der Waals surface area (Å²) in [4.78, 5) is 0. The smallest absolute Gasteiger partial charge is 0.259 e. The molecule has 1 rings (SSSR count). The van der Waals surface area contributed by atoms with Gasteiger partial charge in [0.1, 0.15) is 5.54 Å². The molecule has 0 aromatic heterocycles. The van der Waals surface area contributed by atoms with Crippen LogP contribution in [0.4, 0.5) is 8.78 Å². The Morgan fingerprint density at radius 2 is 1.69 bits per heavy atom. The number of hydrogen-bond donors (Lipinski definition) is 1. The highest BCUT2D eigenvalue weighted by Crippen LogP contribution is 2.46. The van der Waals surface area contributed by atoms with Gasteiger partial charge in [0, 0.05) is 6.42 Å². The molecule has 13 heavy (non-hydrogen) atoms. The van der Waals surface area contributed by atoms with Crippen LogP contribution in [-0.2, 0) is 4.74 Å². The van der Waals surface area contributed by atoms with Gasteiger partial charge in [0.25, 0.3) is 6.43 Å². The minimum Gasteiger partial charge on any atom is -0.367 e. The van der Waals surface area contributed by atoms with Gasteiger partial charge in [-0.3, -0.25) is 0 Å². The second-order valence-corrected chi connectivity index (χ2v) is 4.89. The van der Waals surface area contributed by atoms with Crippen molar-refractivity contribution >= 4 is 0 Å². The summed E-state index contributed by atoms with van der Waals surface area (Å²) in [7, 11) is 0. The van der Waals surface area contributed by atoms with Gasteiger partial charge in [-0.1, -0.05) is 0 Å². The molecule has 1 fully saturated rings. The van der Waals surface area contributed by atoms with Gasteiger partial charge in [-0.15, -0.1) is 0 Å². The number of rotatable bonds is 1. The molecule has 0 radical (unpaired) electrons. The molecule has 1 aliphatic rings. The predicted octanol–water partition coefficient (Wildman–Crippen LogP) is 1.93. The van der Waals surface area contributed by atoms with E-state index < -0.39 is 23.2 Å². The zero-order valence-corrected chi connectivity index (χ0v) is 8.53. The zero-order valence-electron chi connectivity index (χ0n) is 8.53. The first-order chi connectivity index (χ1) is 5.61. The van der Waals surface area contributed by atoms with Gasteiger partial charge in [0.05, 0.1) is 11.2 Å². The van der Waals surface area contributed by atoms with Crippen molar-refractivity contribution in [1.29, 1.82) is 0 Å². The van der Waals surface area contributed by atoms with Crippen molar-refractivity contribution in [2.24, 2.45) is 5.73 Å². The van der Waals surface area contributed by atoms with Crippen molar-refractivity contribution in [1.82, 2.24) is 0 Å². The van der Waals surface area contributed by atoms with Crippen molar-refractivity contribution in [3.63, 3.8) is 0 Å². The molecule has 0 amide bonds. The lowest BCUT2D eigenvalue weighted by Gasteiger charge is -2.35. The maximum Gasteiger partial charge on any atom is 0.259 e. The molecule has 1 saturated heterocycles. The van der Waals surface area contributed by atoms with Crippen LogP contribution < -0.4 is 5.73 Å². The van der Waals surface area contributed by atoms with Crippen molar-refractivity contribution in [3.8, 4) is 0 Å². The van der Waals surface area contributed by atoms with Gasteiger partial charge in [-0.05, 0) is 27.7 Å². The summed E-state index contributed by atoms with van der Waals surface area (Å²) in [6, 6.07) is 0. The number of halogens is 2. The third-order valence-corrected chi connectivity index (χ3v) is 2.76. The van der Waals surface area contributed by atoms with E-state index in [0.717, 1.165) is 0 Å². The summed E-state index contributed by atoms with van der Waals surface area (Å²) in [5.41, 5.74) is 2.62. The number of ether oxygens (including phenoxy) is 1. The van der Waals surface area contributed by atoms with Crippen LogP contribution in [0.2, 0.25) is 0 Å². The highest BCUT2D eigenvalue weighted by Gasteiger charge is 2.59. The van der Waals surface area contributed by atoms with Gasteiger partial charge < -0.3 is 10.5 Å². The molecule has 4 heteroatoms. The molecular formula is C9H17F2NO. The molecule has 0 aliphatic carbocycles. The van der Waals surface area contributed by atoms with E-state index in [1.54, 1.807) is 27.7 Å². The van der Waals surface area contributed by atoms with Gasteiger partial charge in [0.2, 0.25) is 0 Å². The molecular weight excluding hydrogens is 176 g/mol. The van der Waals surface area contributed by atoms with Gasteiger partial charge >= 0.3 is 0 Å². The lowest BCUT2D eigenvalue weighted by atomic mass is 9.80. The largest absolute Gasteiger partial charge is 0.367 e. The molecule has 2 nitrogen and oxygen atoms in total. The molecule has 78 valence electrons. The fraction of sp³-hybridized carbons (Fsp3) is 1.00. The molecule has 0 aromatic rings. The number of alkyl halides is 2. The molecule has 2 N–H and O–H groups in total. The SMILES string of the molecule is CC1(C)CC(N)(C(F)F)C(C)(C)O1. The lowest BCUT2D eigenvalue weighted by Crippen LogP contribution is -2.59. The maximum absolute atomic E-state index is 12.8. The van der Waals surface area contributed by atoms with Crippen LogP contribution in [0.3, 0.4) is 0 Å². The second kappa shape index (κ2) is 2.64. The third kappa shape index (κ3) is 1.57. The molecule has 1 atom stereocenters. The second-order valence-electron chi connectivity index (χ2n) is 4.89. The average Bonchev–Trinajstić information content (AvgIpc) is 1.97. The molecule has 0 bridgehead atoms. The summed E-state index contributed by atoms with van der Waals surface area (Å²) < 4.78 is 31.0. The highest BCUT2D eigenvalue weighted by molar-refractivity contribution is 5.11. The molecule has 1 unspecified atom stereocenters. The Bertz CT molecular complexity index is 216. The van der Waals surface area contributed by atoms with Crippen LogP contribution in [-0.4, -0.2) is 23.2 Å². The summed E-state index contributed by atoms with van der Waals surface area (Å²) in [5, 5.41) is 0. The first kappa shape index (κ1) is 10.9. The van der Waals surface area contributed by atoms with E-state index in [4.69, 9.17) is 10.5 Å². The van der Waals surface area contributed by atoms with Crippen LogP contribution >= 0.6 is 0 Å². The molecule has 0 spiro atoms. The van der Waals surface area contributed by atoms with Crippen molar-refractivity contribution < 1.29 is 13.5 Å². The lowest BCUT2D eigenvalue weighted by molar-refractivity contribution is -0.100. The monoisotopic (exact) mass is 193 g/mol. The van der Waals surface area contributed by atoms with E-state index in [-0.39, 0.29) is 6.42 Å². The summed E-state index contributed by atoms with van der Waals surface area (Å²) in [6.07, 6.45) is -2.37. The summed E-state index contributed by atoms with van der Waals surface area (Å²) in [5.74, 6) is 0. The fourth-order valence-corrected chi connectivity index (χ4v) is 2.08. The normalized spacial score (nSPS) is 36.9. The van der Waals surface area contributed by atoms with Gasteiger partial charge in [0.15, 0.2) is 0 Å². The maximum atomic E-state index is 12.8. The third-order valence-electron chi connectivity index (χ3n) is 2.76. The quantitative estimate of drug-likeness (QED) is 0.690. The Labute approximate surface area is 77.4 Å². The Morgan fingerprint density at radius 1 is 1.23 bits per heavy atom. The Hall–Kier alpha value is -0.220. The van der Waals surface area contributed by atoms with Gasteiger partial charge in [-0.25, -0.2) is 8.78 Å². The molecule has 0 aromatic carbocycles. The van der Waals surface area contributed by atoms with E-state index in [9.17, 15) is 8.78 Å². The van der Waals surface area contributed by atoms with E-state index in [2.05, 4.69) is 0 Å². The predicted molar refractivity (Wildman–Crippen MR) is 46.8 cm³/mol. The topological polar surface area (TPSA) is 35.2 Å². The summed E-state index contributed by atoms with van der Waals surface area (Å²) >= 11 is 0. The fourth-order valence-electron chi connectivity index (χ4n) is 2.08. The zero-order chi connectivity index (χ0) is 10.5. The van der Waals surface area contributed by atoms with Crippen LogP contribution in [0.5, 0.6) is 0 Å².